The van der Waals surface area contributed by atoms with Gasteiger partial charge in [-0.05, 0) is 55.5 Å². The van der Waals surface area contributed by atoms with Gasteiger partial charge >= 0.3 is 0 Å². The minimum atomic E-state index is 0.110. The molecule has 1 amide bonds. The molecule has 0 N–H and O–H groups in total. The molecule has 0 atom stereocenters. The van der Waals surface area contributed by atoms with Crippen LogP contribution in [0.3, 0.4) is 0 Å². The summed E-state index contributed by atoms with van der Waals surface area (Å²) in [6, 6.07) is 13.9. The summed E-state index contributed by atoms with van der Waals surface area (Å²) < 4.78 is 12.0. The van der Waals surface area contributed by atoms with Crippen molar-refractivity contribution in [1.82, 2.24) is 4.90 Å². The van der Waals surface area contributed by atoms with Crippen LogP contribution in [0.1, 0.15) is 73.9 Å². The van der Waals surface area contributed by atoms with Crippen molar-refractivity contribution in [2.45, 2.75) is 59.0 Å². The molecule has 3 rings (SSSR count). The monoisotopic (exact) mass is 395 g/mol. The van der Waals surface area contributed by atoms with Gasteiger partial charge in [-0.25, -0.2) is 0 Å². The minimum absolute atomic E-state index is 0.110. The van der Waals surface area contributed by atoms with Gasteiger partial charge in [0.25, 0.3) is 5.91 Å². The minimum Gasteiger partial charge on any atom is -0.493 e. The van der Waals surface area contributed by atoms with Gasteiger partial charge in [-0.3, -0.25) is 4.79 Å². The van der Waals surface area contributed by atoms with Crippen molar-refractivity contribution >= 4 is 5.91 Å². The number of hydrogen-bond donors (Lipinski definition) is 0. The van der Waals surface area contributed by atoms with Crippen molar-refractivity contribution in [3.05, 3.63) is 59.2 Å². The third kappa shape index (κ3) is 5.53. The average molecular weight is 396 g/mol. The van der Waals surface area contributed by atoms with Crippen LogP contribution in [0.5, 0.6) is 11.5 Å². The highest BCUT2D eigenvalue weighted by Crippen LogP contribution is 2.29. The molecule has 0 spiro atoms. The Morgan fingerprint density at radius 3 is 2.38 bits per heavy atom. The lowest BCUT2D eigenvalue weighted by Gasteiger charge is -2.21. The fourth-order valence-electron chi connectivity index (χ4n) is 3.82. The molecule has 0 saturated carbocycles. The molecule has 2 aromatic carbocycles. The predicted octanol–water partition coefficient (Wildman–Crippen LogP) is 5.80. The third-order valence-electron chi connectivity index (χ3n) is 5.42. The maximum absolute atomic E-state index is 13.0. The number of benzene rings is 2. The lowest BCUT2D eigenvalue weighted by molar-refractivity contribution is 0.0761. The second kappa shape index (κ2) is 10.3. The summed E-state index contributed by atoms with van der Waals surface area (Å²) in [5.41, 5.74) is 2.81. The molecule has 0 radical (unpaired) electrons. The zero-order chi connectivity index (χ0) is 20.6. The summed E-state index contributed by atoms with van der Waals surface area (Å²) in [5, 5.41) is 0. The molecule has 0 aromatic heterocycles. The first-order valence-corrected chi connectivity index (χ1v) is 10.9. The first-order valence-electron chi connectivity index (χ1n) is 10.9. The summed E-state index contributed by atoms with van der Waals surface area (Å²) >= 11 is 0. The van der Waals surface area contributed by atoms with Gasteiger partial charge in [0, 0.05) is 24.2 Å². The van der Waals surface area contributed by atoms with Crippen molar-refractivity contribution in [3.63, 3.8) is 0 Å². The zero-order valence-corrected chi connectivity index (χ0v) is 17.9. The highest BCUT2D eigenvalue weighted by atomic mass is 16.5. The molecule has 29 heavy (non-hydrogen) atoms. The molecule has 0 bridgehead atoms. The van der Waals surface area contributed by atoms with Crippen LogP contribution in [0.25, 0.3) is 0 Å². The van der Waals surface area contributed by atoms with Crippen LogP contribution in [0, 0.1) is 0 Å². The molecule has 1 fully saturated rings. The number of carbonyl (C=O) groups is 1. The number of rotatable bonds is 7. The van der Waals surface area contributed by atoms with Crippen LogP contribution < -0.4 is 9.47 Å². The fraction of sp³-hybridized carbons (Fsp3) is 0.480. The molecule has 1 heterocycles. The molecule has 0 aliphatic carbocycles. The fourth-order valence-corrected chi connectivity index (χ4v) is 3.82. The van der Waals surface area contributed by atoms with Crippen LogP contribution in [-0.4, -0.2) is 30.5 Å². The first kappa shape index (κ1) is 21.2. The highest BCUT2D eigenvalue weighted by Gasteiger charge is 2.19. The number of hydrogen-bond acceptors (Lipinski definition) is 3. The molecule has 156 valence electrons. The Bertz CT molecular complexity index is 807. The molecule has 1 aliphatic heterocycles. The third-order valence-corrected chi connectivity index (χ3v) is 5.42. The quantitative estimate of drug-likeness (QED) is 0.594. The maximum Gasteiger partial charge on any atom is 0.253 e. The van der Waals surface area contributed by atoms with E-state index in [0.29, 0.717) is 24.7 Å². The Morgan fingerprint density at radius 2 is 1.69 bits per heavy atom. The van der Waals surface area contributed by atoms with Gasteiger partial charge in [0.05, 0.1) is 6.61 Å². The molecule has 1 saturated heterocycles. The second-order valence-corrected chi connectivity index (χ2v) is 7.94. The van der Waals surface area contributed by atoms with Crippen molar-refractivity contribution in [1.29, 1.82) is 0 Å². The van der Waals surface area contributed by atoms with Gasteiger partial charge in [0.15, 0.2) is 0 Å². The summed E-state index contributed by atoms with van der Waals surface area (Å²) in [6.45, 7) is 8.94. The molecular weight excluding hydrogens is 362 g/mol. The Balaban J connectivity index is 1.81. The molecule has 1 aliphatic rings. The summed E-state index contributed by atoms with van der Waals surface area (Å²) in [6.07, 6.45) is 4.60. The van der Waals surface area contributed by atoms with Crippen molar-refractivity contribution in [3.8, 4) is 11.5 Å². The number of para-hydroxylation sites is 1. The standard InChI is InChI=1S/C25H33NO3/c1-4-28-23-14-13-20(25(27)26-15-9-5-6-10-16-26)17-21(23)18-29-24-12-8-7-11-22(24)19(2)3/h7-8,11-14,17,19H,4-6,9-10,15-16,18H2,1-3H3. The Labute approximate surface area is 174 Å². The van der Waals surface area contributed by atoms with E-state index in [2.05, 4.69) is 19.9 Å². The largest absolute Gasteiger partial charge is 0.493 e. The smallest absolute Gasteiger partial charge is 0.253 e. The lowest BCUT2D eigenvalue weighted by atomic mass is 10.0. The normalized spacial score (nSPS) is 14.6. The maximum atomic E-state index is 13.0. The molecular formula is C25H33NO3. The molecule has 4 heteroatoms. The molecule has 4 nitrogen and oxygen atoms in total. The van der Waals surface area contributed by atoms with E-state index in [9.17, 15) is 4.79 Å². The van der Waals surface area contributed by atoms with Crippen molar-refractivity contribution in [2.75, 3.05) is 19.7 Å². The van der Waals surface area contributed by atoms with E-state index in [-0.39, 0.29) is 5.91 Å². The van der Waals surface area contributed by atoms with Gasteiger partial charge in [-0.2, -0.15) is 0 Å². The average Bonchev–Trinajstić information content (AvgIpc) is 3.02. The van der Waals surface area contributed by atoms with Gasteiger partial charge in [-0.1, -0.05) is 44.9 Å². The summed E-state index contributed by atoms with van der Waals surface area (Å²) in [4.78, 5) is 15.0. The van der Waals surface area contributed by atoms with Crippen molar-refractivity contribution < 1.29 is 14.3 Å². The van der Waals surface area contributed by atoms with E-state index in [1.807, 2.05) is 48.2 Å². The summed E-state index contributed by atoms with van der Waals surface area (Å²) in [7, 11) is 0. The first-order chi connectivity index (χ1) is 14.1. The SMILES string of the molecule is CCOc1ccc(C(=O)N2CCCCCC2)cc1COc1ccccc1C(C)C. The number of carbonyl (C=O) groups excluding carboxylic acids is 1. The van der Waals surface area contributed by atoms with E-state index in [1.54, 1.807) is 0 Å². The lowest BCUT2D eigenvalue weighted by Crippen LogP contribution is -2.31. The van der Waals surface area contributed by atoms with Gasteiger partial charge in [0.1, 0.15) is 18.1 Å². The van der Waals surface area contributed by atoms with Crippen LogP contribution in [0.15, 0.2) is 42.5 Å². The van der Waals surface area contributed by atoms with E-state index in [0.717, 1.165) is 43.0 Å². The topological polar surface area (TPSA) is 38.8 Å². The second-order valence-electron chi connectivity index (χ2n) is 7.94. The highest BCUT2D eigenvalue weighted by molar-refractivity contribution is 5.94. The van der Waals surface area contributed by atoms with Crippen LogP contribution in [-0.2, 0) is 6.61 Å². The van der Waals surface area contributed by atoms with Crippen LogP contribution in [0.4, 0.5) is 0 Å². The molecule has 0 unspecified atom stereocenters. The van der Waals surface area contributed by atoms with Gasteiger partial charge in [0.2, 0.25) is 0 Å². The van der Waals surface area contributed by atoms with Crippen molar-refractivity contribution in [2.24, 2.45) is 0 Å². The predicted molar refractivity (Wildman–Crippen MR) is 117 cm³/mol. The Hall–Kier alpha value is -2.49. The van der Waals surface area contributed by atoms with Gasteiger partial charge in [-0.15, -0.1) is 0 Å². The summed E-state index contributed by atoms with van der Waals surface area (Å²) in [5.74, 6) is 2.16. The van der Waals surface area contributed by atoms with E-state index >= 15 is 0 Å². The number of likely N-dealkylation sites (tertiary alicyclic amines) is 1. The van der Waals surface area contributed by atoms with Gasteiger partial charge < -0.3 is 14.4 Å². The van der Waals surface area contributed by atoms with Crippen LogP contribution in [0.2, 0.25) is 0 Å². The number of nitrogens with zero attached hydrogens (tertiary/aromatic N) is 1. The molecule has 2 aromatic rings. The number of amides is 1. The van der Waals surface area contributed by atoms with E-state index in [1.165, 1.54) is 18.4 Å². The Kier molecular flexibility index (Phi) is 7.56. The van der Waals surface area contributed by atoms with E-state index in [4.69, 9.17) is 9.47 Å². The van der Waals surface area contributed by atoms with E-state index < -0.39 is 0 Å². The zero-order valence-electron chi connectivity index (χ0n) is 17.9. The Morgan fingerprint density at radius 1 is 0.966 bits per heavy atom. The van der Waals surface area contributed by atoms with Crippen LogP contribution >= 0.6 is 0 Å². The number of ether oxygens (including phenoxy) is 2.